The van der Waals surface area contributed by atoms with Crippen molar-refractivity contribution in [2.45, 2.75) is 30.9 Å². The Morgan fingerprint density at radius 1 is 1.33 bits per heavy atom. The number of hydrogen-bond acceptors (Lipinski definition) is 2. The summed E-state index contributed by atoms with van der Waals surface area (Å²) in [7, 11) is 1.47. The molecule has 0 radical (unpaired) electrons. The minimum Gasteiger partial charge on any atom is -0.481 e. The summed E-state index contributed by atoms with van der Waals surface area (Å²) < 4.78 is 38.5. The van der Waals surface area contributed by atoms with E-state index in [1.165, 1.54) is 18.0 Å². The lowest BCUT2D eigenvalue weighted by Crippen LogP contribution is -2.41. The molecule has 1 aliphatic rings. The largest absolute Gasteiger partial charge is 0.481 e. The van der Waals surface area contributed by atoms with Crippen molar-refractivity contribution in [3.8, 4) is 0 Å². The van der Waals surface area contributed by atoms with E-state index in [0.29, 0.717) is 18.4 Å². The summed E-state index contributed by atoms with van der Waals surface area (Å²) in [5.74, 6) is -1.00. The van der Waals surface area contributed by atoms with Gasteiger partial charge in [0.1, 0.15) is 0 Å². The SMILES string of the molecule is CN(CCC(=O)O)C(=O)NCC1(c2cccc(C(F)(F)F)c2)CC1. The minimum absolute atomic E-state index is 0.0672. The lowest BCUT2D eigenvalue weighted by molar-refractivity contribution is -0.138. The molecule has 2 N–H and O–H groups in total. The monoisotopic (exact) mass is 344 g/mol. The number of nitrogens with zero attached hydrogens (tertiary/aromatic N) is 1. The minimum atomic E-state index is -4.40. The fourth-order valence-corrected chi connectivity index (χ4v) is 2.49. The van der Waals surface area contributed by atoms with Gasteiger partial charge in [-0.15, -0.1) is 0 Å². The zero-order valence-electron chi connectivity index (χ0n) is 13.2. The lowest BCUT2D eigenvalue weighted by atomic mass is 9.94. The van der Waals surface area contributed by atoms with Crippen molar-refractivity contribution in [3.63, 3.8) is 0 Å². The van der Waals surface area contributed by atoms with Crippen LogP contribution in [0.1, 0.15) is 30.4 Å². The van der Waals surface area contributed by atoms with Crippen molar-refractivity contribution < 1.29 is 27.9 Å². The number of nitrogens with one attached hydrogen (secondary N) is 1. The number of carboxylic acids is 1. The fraction of sp³-hybridized carbons (Fsp3) is 0.500. The van der Waals surface area contributed by atoms with Crippen LogP contribution >= 0.6 is 0 Å². The third kappa shape index (κ3) is 4.39. The first kappa shape index (κ1) is 18.1. The first-order valence-electron chi connectivity index (χ1n) is 7.52. The zero-order chi connectivity index (χ0) is 18.0. The van der Waals surface area contributed by atoms with Gasteiger partial charge in [-0.3, -0.25) is 4.79 Å². The highest BCUT2D eigenvalue weighted by Gasteiger charge is 2.45. The molecule has 0 bridgehead atoms. The number of hydrogen-bond donors (Lipinski definition) is 2. The summed E-state index contributed by atoms with van der Waals surface area (Å²) >= 11 is 0. The Morgan fingerprint density at radius 2 is 2.00 bits per heavy atom. The van der Waals surface area contributed by atoms with Crippen LogP contribution in [-0.2, 0) is 16.4 Å². The van der Waals surface area contributed by atoms with Crippen molar-refractivity contribution in [3.05, 3.63) is 35.4 Å². The van der Waals surface area contributed by atoms with Crippen molar-refractivity contribution in [1.82, 2.24) is 10.2 Å². The maximum Gasteiger partial charge on any atom is 0.416 e. The van der Waals surface area contributed by atoms with Crippen LogP contribution in [0.2, 0.25) is 0 Å². The molecule has 2 rings (SSSR count). The molecule has 2 amide bonds. The Balaban J connectivity index is 1.98. The van der Waals surface area contributed by atoms with Gasteiger partial charge >= 0.3 is 18.2 Å². The highest BCUT2D eigenvalue weighted by Crippen LogP contribution is 2.48. The van der Waals surface area contributed by atoms with Crippen molar-refractivity contribution in [1.29, 1.82) is 0 Å². The number of carbonyl (C=O) groups is 2. The molecule has 0 atom stereocenters. The van der Waals surface area contributed by atoms with E-state index in [0.717, 1.165) is 12.1 Å². The molecule has 0 unspecified atom stereocenters. The third-order valence-electron chi connectivity index (χ3n) is 4.24. The van der Waals surface area contributed by atoms with E-state index in [-0.39, 0.29) is 19.5 Å². The van der Waals surface area contributed by atoms with E-state index in [2.05, 4.69) is 5.32 Å². The Kier molecular flexibility index (Phi) is 5.05. The summed E-state index contributed by atoms with van der Waals surface area (Å²) in [6.07, 6.45) is -3.16. The molecule has 8 heteroatoms. The van der Waals surface area contributed by atoms with Gasteiger partial charge in [-0.2, -0.15) is 13.2 Å². The topological polar surface area (TPSA) is 69.6 Å². The highest BCUT2D eigenvalue weighted by molar-refractivity contribution is 5.75. The molecular formula is C16H19F3N2O3. The normalized spacial score (nSPS) is 15.7. The number of benzene rings is 1. The molecule has 132 valence electrons. The van der Waals surface area contributed by atoms with Crippen molar-refractivity contribution in [2.24, 2.45) is 0 Å². The second kappa shape index (κ2) is 6.70. The van der Waals surface area contributed by atoms with Crippen molar-refractivity contribution >= 4 is 12.0 Å². The lowest BCUT2D eigenvalue weighted by Gasteiger charge is -2.21. The van der Waals surface area contributed by atoms with Crippen LogP contribution in [0.15, 0.2) is 24.3 Å². The predicted octanol–water partition coefficient (Wildman–Crippen LogP) is 2.85. The second-order valence-corrected chi connectivity index (χ2v) is 6.08. The van der Waals surface area contributed by atoms with Gasteiger partial charge in [-0.1, -0.05) is 18.2 Å². The number of rotatable bonds is 6. The van der Waals surface area contributed by atoms with Gasteiger partial charge in [0.15, 0.2) is 0 Å². The molecule has 0 spiro atoms. The Labute approximate surface area is 137 Å². The van der Waals surface area contributed by atoms with Gasteiger partial charge in [-0.05, 0) is 24.5 Å². The number of alkyl halides is 3. The van der Waals surface area contributed by atoms with Crippen LogP contribution in [0.5, 0.6) is 0 Å². The number of halogens is 3. The van der Waals surface area contributed by atoms with Crippen LogP contribution in [-0.4, -0.2) is 42.1 Å². The maximum absolute atomic E-state index is 12.8. The summed E-state index contributed by atoms with van der Waals surface area (Å²) in [6.45, 7) is 0.294. The van der Waals surface area contributed by atoms with Crippen molar-refractivity contribution in [2.75, 3.05) is 20.1 Å². The first-order valence-corrected chi connectivity index (χ1v) is 7.52. The quantitative estimate of drug-likeness (QED) is 0.834. The fourth-order valence-electron chi connectivity index (χ4n) is 2.49. The molecule has 24 heavy (non-hydrogen) atoms. The number of urea groups is 1. The van der Waals surface area contributed by atoms with E-state index in [4.69, 9.17) is 5.11 Å². The maximum atomic E-state index is 12.8. The Morgan fingerprint density at radius 3 is 2.54 bits per heavy atom. The molecule has 0 aliphatic heterocycles. The summed E-state index contributed by atoms with van der Waals surface area (Å²) in [5.41, 5.74) is -0.605. The van der Waals surface area contributed by atoms with Crippen LogP contribution in [0.25, 0.3) is 0 Å². The van der Waals surface area contributed by atoms with Gasteiger partial charge in [0.25, 0.3) is 0 Å². The first-order chi connectivity index (χ1) is 11.1. The van der Waals surface area contributed by atoms with Gasteiger partial charge in [0.2, 0.25) is 0 Å². The predicted molar refractivity (Wildman–Crippen MR) is 80.6 cm³/mol. The highest BCUT2D eigenvalue weighted by atomic mass is 19.4. The van der Waals surface area contributed by atoms with Crippen LogP contribution < -0.4 is 5.32 Å². The molecular weight excluding hydrogens is 325 g/mol. The number of amides is 2. The van der Waals surface area contributed by atoms with Crippen LogP contribution in [0.4, 0.5) is 18.0 Å². The second-order valence-electron chi connectivity index (χ2n) is 6.08. The molecule has 1 aliphatic carbocycles. The molecule has 1 fully saturated rings. The van der Waals surface area contributed by atoms with E-state index in [9.17, 15) is 22.8 Å². The van der Waals surface area contributed by atoms with Gasteiger partial charge in [0, 0.05) is 25.6 Å². The molecule has 0 aromatic heterocycles. The molecule has 5 nitrogen and oxygen atoms in total. The van der Waals surface area contributed by atoms with Crippen LogP contribution in [0.3, 0.4) is 0 Å². The number of carboxylic acid groups (broad SMARTS) is 1. The van der Waals surface area contributed by atoms with Gasteiger partial charge in [0.05, 0.1) is 12.0 Å². The Bertz CT molecular complexity index is 627. The molecule has 0 heterocycles. The van der Waals surface area contributed by atoms with E-state index in [1.54, 1.807) is 6.07 Å². The average Bonchev–Trinajstić information content (AvgIpc) is 3.30. The third-order valence-corrected chi connectivity index (χ3v) is 4.24. The van der Waals surface area contributed by atoms with Gasteiger partial charge < -0.3 is 15.3 Å². The number of aliphatic carboxylic acids is 1. The summed E-state index contributed by atoms with van der Waals surface area (Å²) in [6, 6.07) is 4.74. The standard InChI is InChI=1S/C16H19F3N2O3/c1-21(8-5-13(22)23)14(24)20-10-15(6-7-15)11-3-2-4-12(9-11)16(17,18)19/h2-4,9H,5-8,10H2,1H3,(H,20,24)(H,22,23). The zero-order valence-corrected chi connectivity index (χ0v) is 13.2. The van der Waals surface area contributed by atoms with E-state index in [1.807, 2.05) is 0 Å². The number of carbonyl (C=O) groups excluding carboxylic acids is 1. The molecule has 1 saturated carbocycles. The van der Waals surface area contributed by atoms with Gasteiger partial charge in [-0.25, -0.2) is 4.79 Å². The summed E-state index contributed by atoms with van der Waals surface area (Å²) in [4.78, 5) is 23.7. The van der Waals surface area contributed by atoms with E-state index >= 15 is 0 Å². The average molecular weight is 344 g/mol. The Hall–Kier alpha value is -2.25. The molecule has 1 aromatic carbocycles. The summed E-state index contributed by atoms with van der Waals surface area (Å²) in [5, 5.41) is 11.3. The van der Waals surface area contributed by atoms with E-state index < -0.39 is 29.2 Å². The molecule has 1 aromatic rings. The van der Waals surface area contributed by atoms with Crippen LogP contribution in [0, 0.1) is 0 Å². The smallest absolute Gasteiger partial charge is 0.416 e. The molecule has 0 saturated heterocycles.